The van der Waals surface area contributed by atoms with Crippen molar-refractivity contribution in [3.8, 4) is 0 Å². The van der Waals surface area contributed by atoms with E-state index in [0.717, 1.165) is 6.21 Å². The van der Waals surface area contributed by atoms with Crippen LogP contribution in [0.4, 0.5) is 17.6 Å². The topological polar surface area (TPSA) is 21.6 Å². The summed E-state index contributed by atoms with van der Waals surface area (Å²) in [7, 11) is 0. The average Bonchev–Trinajstić information content (AvgIpc) is 2.14. The second-order valence-electron chi connectivity index (χ2n) is 2.67. The monoisotopic (exact) mass is 221 g/mol. The van der Waals surface area contributed by atoms with E-state index in [0.29, 0.717) is 5.56 Å². The fraction of sp³-hybridized carbons (Fsp3) is 0.222. The van der Waals surface area contributed by atoms with Crippen molar-refractivity contribution in [3.05, 3.63) is 35.6 Å². The van der Waals surface area contributed by atoms with Gasteiger partial charge in [0, 0.05) is 0 Å². The van der Waals surface area contributed by atoms with E-state index in [1.165, 1.54) is 24.3 Å². The lowest BCUT2D eigenvalue weighted by atomic mass is 10.2. The number of alkyl halides is 3. The van der Waals surface area contributed by atoms with Crippen LogP contribution in [0.1, 0.15) is 5.56 Å². The highest BCUT2D eigenvalue weighted by molar-refractivity contribution is 5.78. The first-order valence-corrected chi connectivity index (χ1v) is 3.95. The second kappa shape index (κ2) is 4.77. The van der Waals surface area contributed by atoms with Gasteiger partial charge in [-0.15, -0.1) is 0 Å². The highest BCUT2D eigenvalue weighted by Gasteiger charge is 2.28. The van der Waals surface area contributed by atoms with E-state index in [9.17, 15) is 17.6 Å². The standard InChI is InChI=1S/C9H7F4NO/c10-8-3-1-7(2-4-8)5-14-15-6-9(11,12)13/h1-5H,6H2. The van der Waals surface area contributed by atoms with E-state index >= 15 is 0 Å². The summed E-state index contributed by atoms with van der Waals surface area (Å²) in [5, 5.41) is 3.09. The van der Waals surface area contributed by atoms with E-state index in [2.05, 4.69) is 9.99 Å². The minimum atomic E-state index is -4.40. The predicted molar refractivity (Wildman–Crippen MR) is 46.0 cm³/mol. The highest BCUT2D eigenvalue weighted by Crippen LogP contribution is 2.14. The van der Waals surface area contributed by atoms with Crippen LogP contribution < -0.4 is 0 Å². The molecule has 0 amide bonds. The van der Waals surface area contributed by atoms with Crippen LogP contribution in [0.2, 0.25) is 0 Å². The van der Waals surface area contributed by atoms with Crippen LogP contribution in [-0.4, -0.2) is 19.0 Å². The maximum absolute atomic E-state index is 12.4. The first-order valence-electron chi connectivity index (χ1n) is 3.95. The van der Waals surface area contributed by atoms with E-state index in [1.807, 2.05) is 0 Å². The molecule has 0 aliphatic heterocycles. The maximum atomic E-state index is 12.4. The van der Waals surface area contributed by atoms with Gasteiger partial charge in [-0.3, -0.25) is 0 Å². The molecule has 0 saturated carbocycles. The molecular formula is C9H7F4NO. The molecule has 0 saturated heterocycles. The van der Waals surface area contributed by atoms with Gasteiger partial charge < -0.3 is 4.84 Å². The van der Waals surface area contributed by atoms with Crippen molar-refractivity contribution in [1.29, 1.82) is 0 Å². The van der Waals surface area contributed by atoms with Crippen LogP contribution in [-0.2, 0) is 4.84 Å². The van der Waals surface area contributed by atoms with Gasteiger partial charge >= 0.3 is 6.18 Å². The van der Waals surface area contributed by atoms with Gasteiger partial charge in [0.05, 0.1) is 6.21 Å². The van der Waals surface area contributed by atoms with Gasteiger partial charge in [-0.25, -0.2) is 4.39 Å². The van der Waals surface area contributed by atoms with Gasteiger partial charge in [0.1, 0.15) is 5.82 Å². The van der Waals surface area contributed by atoms with Gasteiger partial charge in [-0.05, 0) is 17.7 Å². The molecule has 1 aromatic carbocycles. The summed E-state index contributed by atoms with van der Waals surface area (Å²) in [6.07, 6.45) is -3.33. The smallest absolute Gasteiger partial charge is 0.386 e. The Morgan fingerprint density at radius 3 is 2.33 bits per heavy atom. The van der Waals surface area contributed by atoms with Crippen molar-refractivity contribution in [2.45, 2.75) is 6.18 Å². The molecule has 0 radical (unpaired) electrons. The minimum absolute atomic E-state index is 0.427. The van der Waals surface area contributed by atoms with E-state index in [1.54, 1.807) is 0 Å². The Bertz CT molecular complexity index is 331. The normalized spacial score (nSPS) is 12.0. The molecule has 0 N–H and O–H groups in total. The zero-order valence-electron chi connectivity index (χ0n) is 7.46. The Balaban J connectivity index is 2.42. The summed E-state index contributed by atoms with van der Waals surface area (Å²) in [6.45, 7) is -1.44. The van der Waals surface area contributed by atoms with E-state index in [4.69, 9.17) is 0 Å². The lowest BCUT2D eigenvalue weighted by Crippen LogP contribution is -2.14. The quantitative estimate of drug-likeness (QED) is 0.437. The third-order valence-electron chi connectivity index (χ3n) is 1.37. The van der Waals surface area contributed by atoms with Crippen molar-refractivity contribution < 1.29 is 22.4 Å². The number of hydrogen-bond acceptors (Lipinski definition) is 2. The molecule has 0 heterocycles. The average molecular weight is 221 g/mol. The summed E-state index contributed by atoms with van der Waals surface area (Å²) in [4.78, 5) is 3.98. The van der Waals surface area contributed by atoms with E-state index in [-0.39, 0.29) is 0 Å². The molecule has 0 atom stereocenters. The van der Waals surface area contributed by atoms with Gasteiger partial charge in [0.2, 0.25) is 6.61 Å². The van der Waals surface area contributed by atoms with Crippen LogP contribution in [0.15, 0.2) is 29.4 Å². The van der Waals surface area contributed by atoms with E-state index < -0.39 is 18.6 Å². The van der Waals surface area contributed by atoms with Crippen molar-refractivity contribution >= 4 is 6.21 Å². The van der Waals surface area contributed by atoms with Gasteiger partial charge in [0.25, 0.3) is 0 Å². The number of nitrogens with zero attached hydrogens (tertiary/aromatic N) is 1. The van der Waals surface area contributed by atoms with Crippen molar-refractivity contribution in [1.82, 2.24) is 0 Å². The zero-order valence-corrected chi connectivity index (χ0v) is 7.46. The molecule has 0 aliphatic rings. The van der Waals surface area contributed by atoms with Crippen molar-refractivity contribution in [2.75, 3.05) is 6.61 Å². The summed E-state index contributed by atoms with van der Waals surface area (Å²) < 4.78 is 47.2. The fourth-order valence-electron chi connectivity index (χ4n) is 0.757. The minimum Gasteiger partial charge on any atom is -0.386 e. The molecule has 1 rings (SSSR count). The largest absolute Gasteiger partial charge is 0.425 e. The van der Waals surface area contributed by atoms with Gasteiger partial charge in [0.15, 0.2) is 0 Å². The summed E-state index contributed by atoms with van der Waals surface area (Å²) in [6, 6.07) is 5.09. The van der Waals surface area contributed by atoms with Crippen molar-refractivity contribution in [2.24, 2.45) is 5.16 Å². The molecule has 2 nitrogen and oxygen atoms in total. The van der Waals surface area contributed by atoms with Crippen LogP contribution in [0.3, 0.4) is 0 Å². The number of hydrogen-bond donors (Lipinski definition) is 0. The molecule has 0 spiro atoms. The first kappa shape index (κ1) is 11.5. The molecule has 6 heteroatoms. The predicted octanol–water partition coefficient (Wildman–Crippen LogP) is 2.74. The van der Waals surface area contributed by atoms with Crippen LogP contribution in [0.25, 0.3) is 0 Å². The number of benzene rings is 1. The molecule has 0 aromatic heterocycles. The van der Waals surface area contributed by atoms with Crippen LogP contribution in [0.5, 0.6) is 0 Å². The van der Waals surface area contributed by atoms with Crippen LogP contribution >= 0.6 is 0 Å². The third kappa shape index (κ3) is 4.99. The zero-order chi connectivity index (χ0) is 11.3. The Morgan fingerprint density at radius 2 is 1.80 bits per heavy atom. The second-order valence-corrected chi connectivity index (χ2v) is 2.67. The lowest BCUT2D eigenvalue weighted by Gasteiger charge is -2.02. The third-order valence-corrected chi connectivity index (χ3v) is 1.37. The Morgan fingerprint density at radius 1 is 1.20 bits per heavy atom. The first-order chi connectivity index (χ1) is 6.97. The molecule has 15 heavy (non-hydrogen) atoms. The van der Waals surface area contributed by atoms with Gasteiger partial charge in [-0.2, -0.15) is 13.2 Å². The molecule has 0 aliphatic carbocycles. The molecule has 0 bridgehead atoms. The summed E-state index contributed by atoms with van der Waals surface area (Å²) >= 11 is 0. The highest BCUT2D eigenvalue weighted by atomic mass is 19.4. The summed E-state index contributed by atoms with van der Waals surface area (Å²) in [5.41, 5.74) is 0.457. The lowest BCUT2D eigenvalue weighted by molar-refractivity contribution is -0.173. The fourth-order valence-corrected chi connectivity index (χ4v) is 0.757. The van der Waals surface area contributed by atoms with Gasteiger partial charge in [-0.1, -0.05) is 17.3 Å². The summed E-state index contributed by atoms with van der Waals surface area (Å²) in [5.74, 6) is -0.427. The Labute approximate surface area is 83.2 Å². The Kier molecular flexibility index (Phi) is 3.65. The van der Waals surface area contributed by atoms with Crippen LogP contribution in [0, 0.1) is 5.82 Å². The Hall–Kier alpha value is -1.59. The SMILES string of the molecule is Fc1ccc(C=NOCC(F)(F)F)cc1. The molecular weight excluding hydrogens is 214 g/mol. The number of oxime groups is 1. The molecule has 0 unspecified atom stereocenters. The molecule has 82 valence electrons. The maximum Gasteiger partial charge on any atom is 0.425 e. The van der Waals surface area contributed by atoms with Crippen molar-refractivity contribution in [3.63, 3.8) is 0 Å². The molecule has 1 aromatic rings. The number of rotatable bonds is 3. The number of halogens is 4. The molecule has 0 fully saturated rings.